The van der Waals surface area contributed by atoms with Crippen LogP contribution in [0.3, 0.4) is 0 Å². The molecule has 0 aromatic carbocycles. The van der Waals surface area contributed by atoms with Crippen molar-refractivity contribution in [3.8, 4) is 0 Å². The van der Waals surface area contributed by atoms with E-state index in [1.807, 2.05) is 0 Å². The third-order valence-electron chi connectivity index (χ3n) is 0.808. The first-order chi connectivity index (χ1) is 5.20. The summed E-state index contributed by atoms with van der Waals surface area (Å²) in [6.07, 6.45) is -0.940. The first kappa shape index (κ1) is 13.8. The summed E-state index contributed by atoms with van der Waals surface area (Å²) in [5.74, 6) is -0.661. The lowest BCUT2D eigenvalue weighted by Gasteiger charge is -2.00. The number of rotatable bonds is 3. The van der Waals surface area contributed by atoms with E-state index in [0.29, 0.717) is 0 Å². The van der Waals surface area contributed by atoms with Crippen LogP contribution in [0.5, 0.6) is 0 Å². The standard InChI is InChI=1S/C6H11NO4.ClH/c1-2-10-6(9)11-5(8)3-4-7;/h2-4,7H2,1H3;1H. The van der Waals surface area contributed by atoms with E-state index in [4.69, 9.17) is 5.73 Å². The van der Waals surface area contributed by atoms with Crippen molar-refractivity contribution in [3.63, 3.8) is 0 Å². The Bertz CT molecular complexity index is 134. The van der Waals surface area contributed by atoms with Gasteiger partial charge in [0.1, 0.15) is 0 Å². The van der Waals surface area contributed by atoms with Crippen LogP contribution in [0.2, 0.25) is 0 Å². The van der Waals surface area contributed by atoms with Gasteiger partial charge in [-0.1, -0.05) is 0 Å². The fourth-order valence-electron chi connectivity index (χ4n) is 0.409. The van der Waals surface area contributed by atoms with Crippen molar-refractivity contribution in [1.29, 1.82) is 0 Å². The molecule has 0 aromatic heterocycles. The Balaban J connectivity index is 0. The Kier molecular flexibility index (Phi) is 9.50. The molecule has 0 spiro atoms. The van der Waals surface area contributed by atoms with Crippen molar-refractivity contribution >= 4 is 24.5 Å². The molecular weight excluding hydrogens is 186 g/mol. The van der Waals surface area contributed by atoms with E-state index in [-0.39, 0.29) is 32.0 Å². The molecule has 0 saturated carbocycles. The van der Waals surface area contributed by atoms with Gasteiger partial charge < -0.3 is 15.2 Å². The summed E-state index contributed by atoms with van der Waals surface area (Å²) in [5, 5.41) is 0. The highest BCUT2D eigenvalue weighted by atomic mass is 35.5. The van der Waals surface area contributed by atoms with Gasteiger partial charge in [0.2, 0.25) is 0 Å². The van der Waals surface area contributed by atoms with Gasteiger partial charge in [0, 0.05) is 6.54 Å². The second-order valence-electron chi connectivity index (χ2n) is 1.70. The van der Waals surface area contributed by atoms with Crippen molar-refractivity contribution in [2.75, 3.05) is 13.2 Å². The van der Waals surface area contributed by atoms with E-state index >= 15 is 0 Å². The van der Waals surface area contributed by atoms with Crippen molar-refractivity contribution < 1.29 is 19.1 Å². The molecule has 0 bridgehead atoms. The van der Waals surface area contributed by atoms with Crippen molar-refractivity contribution in [3.05, 3.63) is 0 Å². The Labute approximate surface area is 76.6 Å². The lowest BCUT2D eigenvalue weighted by atomic mass is 10.4. The molecule has 0 unspecified atom stereocenters. The largest absolute Gasteiger partial charge is 0.516 e. The molecule has 0 rings (SSSR count). The molecule has 2 N–H and O–H groups in total. The highest BCUT2D eigenvalue weighted by molar-refractivity contribution is 5.85. The Morgan fingerprint density at radius 3 is 2.42 bits per heavy atom. The van der Waals surface area contributed by atoms with Gasteiger partial charge in [-0.2, -0.15) is 0 Å². The summed E-state index contributed by atoms with van der Waals surface area (Å²) in [4.78, 5) is 20.9. The van der Waals surface area contributed by atoms with E-state index in [1.165, 1.54) is 0 Å². The number of nitrogens with two attached hydrogens (primary N) is 1. The summed E-state index contributed by atoms with van der Waals surface area (Å²) in [6.45, 7) is 1.97. The van der Waals surface area contributed by atoms with Gasteiger partial charge in [0.25, 0.3) is 0 Å². The molecule has 12 heavy (non-hydrogen) atoms. The lowest BCUT2D eigenvalue weighted by molar-refractivity contribution is -0.139. The molecule has 0 atom stereocenters. The quantitative estimate of drug-likeness (QED) is 0.525. The predicted octanol–water partition coefficient (Wildman–Crippen LogP) is 0.457. The lowest BCUT2D eigenvalue weighted by Crippen LogP contribution is -2.16. The van der Waals surface area contributed by atoms with E-state index in [1.54, 1.807) is 6.92 Å². The van der Waals surface area contributed by atoms with Crippen molar-refractivity contribution in [2.24, 2.45) is 5.73 Å². The minimum atomic E-state index is -0.967. The SMILES string of the molecule is CCOC(=O)OC(=O)CCN.Cl. The Hall–Kier alpha value is -0.810. The molecule has 0 saturated heterocycles. The van der Waals surface area contributed by atoms with Crippen LogP contribution >= 0.6 is 12.4 Å². The van der Waals surface area contributed by atoms with Crippen LogP contribution < -0.4 is 5.73 Å². The summed E-state index contributed by atoms with van der Waals surface area (Å²) in [5.41, 5.74) is 5.03. The van der Waals surface area contributed by atoms with E-state index in [2.05, 4.69) is 9.47 Å². The molecule has 72 valence electrons. The van der Waals surface area contributed by atoms with Gasteiger partial charge >= 0.3 is 12.1 Å². The zero-order valence-corrected chi connectivity index (χ0v) is 7.56. The number of esters is 1. The van der Waals surface area contributed by atoms with Crippen LogP contribution in [0.1, 0.15) is 13.3 Å². The number of hydrogen-bond donors (Lipinski definition) is 1. The summed E-state index contributed by atoms with van der Waals surface area (Å²) < 4.78 is 8.49. The minimum Gasteiger partial charge on any atom is -0.434 e. The fourth-order valence-corrected chi connectivity index (χ4v) is 0.409. The van der Waals surface area contributed by atoms with E-state index in [0.717, 1.165) is 0 Å². The maximum atomic E-state index is 10.5. The molecule has 0 aromatic rings. The average molecular weight is 198 g/mol. The number of hydrogen-bond acceptors (Lipinski definition) is 5. The zero-order chi connectivity index (χ0) is 8.69. The molecular formula is C6H12ClNO4. The third kappa shape index (κ3) is 7.30. The summed E-state index contributed by atoms with van der Waals surface area (Å²) in [6, 6.07) is 0. The highest BCUT2D eigenvalue weighted by Gasteiger charge is 2.08. The van der Waals surface area contributed by atoms with Crippen molar-refractivity contribution in [1.82, 2.24) is 0 Å². The van der Waals surface area contributed by atoms with E-state index in [9.17, 15) is 9.59 Å². The number of ether oxygens (including phenoxy) is 2. The van der Waals surface area contributed by atoms with Gasteiger partial charge in [0.05, 0.1) is 13.0 Å². The number of halogens is 1. The highest BCUT2D eigenvalue weighted by Crippen LogP contribution is 1.88. The molecule has 6 heteroatoms. The molecule has 0 aliphatic rings. The van der Waals surface area contributed by atoms with E-state index < -0.39 is 12.1 Å². The predicted molar refractivity (Wildman–Crippen MR) is 44.0 cm³/mol. The molecule has 0 aliphatic heterocycles. The Morgan fingerprint density at radius 2 is 2.00 bits per heavy atom. The number of carbonyl (C=O) groups is 2. The average Bonchev–Trinajstić information content (AvgIpc) is 1.87. The summed E-state index contributed by atoms with van der Waals surface area (Å²) >= 11 is 0. The maximum absolute atomic E-state index is 10.5. The Morgan fingerprint density at radius 1 is 1.42 bits per heavy atom. The van der Waals surface area contributed by atoms with Gasteiger partial charge in [0.15, 0.2) is 0 Å². The molecule has 0 radical (unpaired) electrons. The van der Waals surface area contributed by atoms with Crippen molar-refractivity contribution in [2.45, 2.75) is 13.3 Å². The fraction of sp³-hybridized carbons (Fsp3) is 0.667. The second-order valence-corrected chi connectivity index (χ2v) is 1.70. The smallest absolute Gasteiger partial charge is 0.434 e. The van der Waals surface area contributed by atoms with Crippen LogP contribution in [0.25, 0.3) is 0 Å². The van der Waals surface area contributed by atoms with Gasteiger partial charge in [-0.3, -0.25) is 4.79 Å². The van der Waals surface area contributed by atoms with Crippen LogP contribution in [0.15, 0.2) is 0 Å². The monoisotopic (exact) mass is 197 g/mol. The molecule has 5 nitrogen and oxygen atoms in total. The van der Waals surface area contributed by atoms with Crippen LogP contribution in [0, 0.1) is 0 Å². The topological polar surface area (TPSA) is 78.6 Å². The molecule has 0 amide bonds. The molecule has 0 fully saturated rings. The van der Waals surface area contributed by atoms with Gasteiger partial charge in [-0.05, 0) is 6.92 Å². The maximum Gasteiger partial charge on any atom is 0.516 e. The first-order valence-electron chi connectivity index (χ1n) is 3.28. The summed E-state index contributed by atoms with van der Waals surface area (Å²) in [7, 11) is 0. The second kappa shape index (κ2) is 8.29. The third-order valence-corrected chi connectivity index (χ3v) is 0.808. The first-order valence-corrected chi connectivity index (χ1v) is 3.28. The van der Waals surface area contributed by atoms with Crippen LogP contribution in [-0.2, 0) is 14.3 Å². The van der Waals surface area contributed by atoms with Crippen LogP contribution in [-0.4, -0.2) is 25.3 Å². The normalized spacial score (nSPS) is 8.17. The molecule has 0 aliphatic carbocycles. The minimum absolute atomic E-state index is 0. The molecule has 0 heterocycles. The number of carbonyl (C=O) groups excluding carboxylic acids is 2. The zero-order valence-electron chi connectivity index (χ0n) is 6.74. The van der Waals surface area contributed by atoms with Gasteiger partial charge in [-0.15, -0.1) is 12.4 Å². The van der Waals surface area contributed by atoms with Crippen LogP contribution in [0.4, 0.5) is 4.79 Å². The van der Waals surface area contributed by atoms with Gasteiger partial charge in [-0.25, -0.2) is 4.79 Å².